The van der Waals surface area contributed by atoms with E-state index in [1.165, 1.54) is 18.2 Å². The van der Waals surface area contributed by atoms with Crippen LogP contribution in [0.15, 0.2) is 23.2 Å². The molecule has 0 spiro atoms. The number of nitrogens with zero attached hydrogens (tertiary/aromatic N) is 2. The van der Waals surface area contributed by atoms with E-state index in [1.807, 2.05) is 0 Å². The molecule has 0 bridgehead atoms. The lowest BCUT2D eigenvalue weighted by Crippen LogP contribution is -2.42. The first kappa shape index (κ1) is 23.0. The molecular weight excluding hydrogens is 429 g/mol. The van der Waals surface area contributed by atoms with Crippen molar-refractivity contribution in [3.05, 3.63) is 35.4 Å². The van der Waals surface area contributed by atoms with Gasteiger partial charge in [-0.1, -0.05) is 6.07 Å². The number of ether oxygens (including phenoxy) is 1. The smallest absolute Gasteiger partial charge is 0.191 e. The first-order valence-electron chi connectivity index (χ1n) is 7.55. The van der Waals surface area contributed by atoms with Crippen LogP contribution in [-0.4, -0.2) is 58.8 Å². The van der Waals surface area contributed by atoms with Gasteiger partial charge in [-0.3, -0.25) is 4.99 Å². The molecule has 1 rings (SSSR count). The summed E-state index contributed by atoms with van der Waals surface area (Å²) < 4.78 is 33.0. The Hall–Kier alpha value is -1.000. The van der Waals surface area contributed by atoms with E-state index < -0.39 is 17.7 Å². The summed E-state index contributed by atoms with van der Waals surface area (Å²) in [6, 6.07) is 3.46. The zero-order valence-corrected chi connectivity index (χ0v) is 16.9. The third-order valence-corrected chi connectivity index (χ3v) is 3.46. The highest BCUT2D eigenvalue weighted by molar-refractivity contribution is 14.0. The fourth-order valence-corrected chi connectivity index (χ4v) is 2.21. The van der Waals surface area contributed by atoms with Crippen LogP contribution < -0.4 is 10.6 Å². The van der Waals surface area contributed by atoms with Crippen LogP contribution in [0.25, 0.3) is 0 Å². The van der Waals surface area contributed by atoms with Crippen molar-refractivity contribution in [1.82, 2.24) is 15.5 Å². The second-order valence-electron chi connectivity index (χ2n) is 5.34. The Balaban J connectivity index is 0.00000529. The van der Waals surface area contributed by atoms with Crippen molar-refractivity contribution >= 4 is 29.9 Å². The quantitative estimate of drug-likeness (QED) is 0.273. The molecular formula is C16H27F2IN4O. The maximum Gasteiger partial charge on any atom is 0.191 e. The molecule has 24 heavy (non-hydrogen) atoms. The average Bonchev–Trinajstić information content (AvgIpc) is 2.51. The molecule has 138 valence electrons. The summed E-state index contributed by atoms with van der Waals surface area (Å²) in [4.78, 5) is 5.87. The third kappa shape index (κ3) is 7.27. The number of halogens is 3. The number of nitrogens with one attached hydrogen (secondary N) is 2. The van der Waals surface area contributed by atoms with Crippen LogP contribution in [0.1, 0.15) is 18.0 Å². The Morgan fingerprint density at radius 2 is 1.88 bits per heavy atom. The van der Waals surface area contributed by atoms with Crippen molar-refractivity contribution < 1.29 is 13.5 Å². The molecule has 1 atom stereocenters. The van der Waals surface area contributed by atoms with E-state index in [2.05, 4.69) is 15.6 Å². The number of benzene rings is 1. The second-order valence-corrected chi connectivity index (χ2v) is 5.34. The molecule has 0 saturated heterocycles. The van der Waals surface area contributed by atoms with Crippen molar-refractivity contribution in [3.8, 4) is 0 Å². The number of rotatable bonds is 8. The molecule has 0 saturated carbocycles. The normalized spacial score (nSPS) is 12.7. The van der Waals surface area contributed by atoms with Gasteiger partial charge >= 0.3 is 0 Å². The Labute approximate surface area is 159 Å². The van der Waals surface area contributed by atoms with E-state index in [9.17, 15) is 8.78 Å². The zero-order valence-electron chi connectivity index (χ0n) is 14.6. The van der Waals surface area contributed by atoms with Crippen LogP contribution in [-0.2, 0) is 4.74 Å². The fraction of sp³-hybridized carbons (Fsp3) is 0.562. The molecule has 0 aromatic heterocycles. The van der Waals surface area contributed by atoms with Crippen molar-refractivity contribution in [3.63, 3.8) is 0 Å². The van der Waals surface area contributed by atoms with Crippen LogP contribution in [0.3, 0.4) is 0 Å². The number of aliphatic imine (C=N–C) groups is 1. The molecule has 0 heterocycles. The largest absolute Gasteiger partial charge is 0.385 e. The lowest BCUT2D eigenvalue weighted by atomic mass is 10.0. The number of hydrogen-bond acceptors (Lipinski definition) is 3. The summed E-state index contributed by atoms with van der Waals surface area (Å²) in [6.45, 7) is 1.69. The van der Waals surface area contributed by atoms with Crippen molar-refractivity contribution in [2.75, 3.05) is 47.9 Å². The predicted molar refractivity (Wildman–Crippen MR) is 104 cm³/mol. The molecule has 2 N–H and O–H groups in total. The van der Waals surface area contributed by atoms with Crippen LogP contribution >= 0.6 is 24.0 Å². The first-order valence-corrected chi connectivity index (χ1v) is 7.55. The highest BCUT2D eigenvalue weighted by atomic mass is 127. The summed E-state index contributed by atoms with van der Waals surface area (Å²) in [5, 5.41) is 6.24. The van der Waals surface area contributed by atoms with E-state index in [1.54, 1.807) is 33.2 Å². The minimum Gasteiger partial charge on any atom is -0.385 e. The van der Waals surface area contributed by atoms with Crippen molar-refractivity contribution in [2.24, 2.45) is 4.99 Å². The standard InChI is InChI=1S/C16H26F2N4O.HI/c1-19-16(20-9-6-10-23-4)21-11-14(22(2)3)15-12(17)7-5-8-13(15)18;/h5,7-8,14H,6,9-11H2,1-4H3,(H2,19,20,21);1H. The van der Waals surface area contributed by atoms with E-state index >= 15 is 0 Å². The molecule has 5 nitrogen and oxygen atoms in total. The number of guanidine groups is 1. The number of hydrogen-bond donors (Lipinski definition) is 2. The lowest BCUT2D eigenvalue weighted by Gasteiger charge is -2.26. The summed E-state index contributed by atoms with van der Waals surface area (Å²) >= 11 is 0. The Morgan fingerprint density at radius 3 is 2.38 bits per heavy atom. The summed E-state index contributed by atoms with van der Waals surface area (Å²) in [5.74, 6) is -0.508. The van der Waals surface area contributed by atoms with Crippen molar-refractivity contribution in [1.29, 1.82) is 0 Å². The van der Waals surface area contributed by atoms with Crippen LogP contribution in [0.2, 0.25) is 0 Å². The molecule has 0 aliphatic rings. The van der Waals surface area contributed by atoms with Crippen LogP contribution in [0.5, 0.6) is 0 Å². The highest BCUT2D eigenvalue weighted by Crippen LogP contribution is 2.23. The molecule has 0 aliphatic carbocycles. The van der Waals surface area contributed by atoms with Crippen LogP contribution in [0.4, 0.5) is 8.78 Å². The van der Waals surface area contributed by atoms with Crippen LogP contribution in [0, 0.1) is 11.6 Å². The van der Waals surface area contributed by atoms with E-state index in [4.69, 9.17) is 4.74 Å². The Bertz CT molecular complexity index is 495. The van der Waals surface area contributed by atoms with Gasteiger partial charge in [-0.2, -0.15) is 0 Å². The van der Waals surface area contributed by atoms with Gasteiger partial charge in [-0.25, -0.2) is 8.78 Å². The summed E-state index contributed by atoms with van der Waals surface area (Å²) in [5.41, 5.74) is 0.0554. The molecule has 0 amide bonds. The van der Waals surface area contributed by atoms with E-state index in [0.29, 0.717) is 25.7 Å². The minimum atomic E-state index is -0.548. The molecule has 0 aliphatic heterocycles. The van der Waals surface area contributed by atoms with Gasteiger partial charge in [0.25, 0.3) is 0 Å². The minimum absolute atomic E-state index is 0. The molecule has 1 unspecified atom stereocenters. The highest BCUT2D eigenvalue weighted by Gasteiger charge is 2.22. The number of methoxy groups -OCH3 is 1. The second kappa shape index (κ2) is 12.4. The molecule has 0 radical (unpaired) electrons. The third-order valence-electron chi connectivity index (χ3n) is 3.46. The van der Waals surface area contributed by atoms with Gasteiger partial charge in [0.05, 0.1) is 6.04 Å². The Morgan fingerprint density at radius 1 is 1.25 bits per heavy atom. The van der Waals surface area contributed by atoms with E-state index in [-0.39, 0.29) is 29.5 Å². The average molecular weight is 456 g/mol. The zero-order chi connectivity index (χ0) is 17.2. The predicted octanol–water partition coefficient (Wildman–Crippen LogP) is 2.39. The SMILES string of the molecule is CN=C(NCCCOC)NCC(c1c(F)cccc1F)N(C)C.I. The fourth-order valence-electron chi connectivity index (χ4n) is 2.21. The lowest BCUT2D eigenvalue weighted by molar-refractivity contribution is 0.195. The molecule has 1 aromatic carbocycles. The van der Waals surface area contributed by atoms with Gasteiger partial charge in [0, 0.05) is 39.4 Å². The number of likely N-dealkylation sites (N-methyl/N-ethyl adjacent to an activating group) is 1. The topological polar surface area (TPSA) is 48.9 Å². The summed E-state index contributed by atoms with van der Waals surface area (Å²) in [6.07, 6.45) is 0.844. The van der Waals surface area contributed by atoms with Gasteiger partial charge in [0.2, 0.25) is 0 Å². The molecule has 8 heteroatoms. The first-order chi connectivity index (χ1) is 11.0. The van der Waals surface area contributed by atoms with Gasteiger partial charge in [-0.15, -0.1) is 24.0 Å². The maximum absolute atomic E-state index is 14.0. The molecule has 0 fully saturated rings. The molecule has 1 aromatic rings. The summed E-state index contributed by atoms with van der Waals surface area (Å²) in [7, 11) is 6.87. The van der Waals surface area contributed by atoms with Gasteiger partial charge < -0.3 is 20.3 Å². The van der Waals surface area contributed by atoms with Gasteiger partial charge in [0.1, 0.15) is 11.6 Å². The monoisotopic (exact) mass is 456 g/mol. The van der Waals surface area contributed by atoms with Gasteiger partial charge in [0.15, 0.2) is 5.96 Å². The van der Waals surface area contributed by atoms with Crippen molar-refractivity contribution in [2.45, 2.75) is 12.5 Å². The van der Waals surface area contributed by atoms with Gasteiger partial charge in [-0.05, 0) is 32.6 Å². The maximum atomic E-state index is 14.0. The Kier molecular flexibility index (Phi) is 11.9. The van der Waals surface area contributed by atoms with E-state index in [0.717, 1.165) is 6.42 Å².